The van der Waals surface area contributed by atoms with Crippen LogP contribution in [0, 0.1) is 10.1 Å². The van der Waals surface area contributed by atoms with Crippen molar-refractivity contribution in [1.29, 1.82) is 0 Å². The molecule has 2 saturated heterocycles. The Kier molecular flexibility index (Phi) is 4.59. The van der Waals surface area contributed by atoms with E-state index in [-0.39, 0.29) is 5.69 Å². The largest absolute Gasteiger partial charge is 0.371 e. The van der Waals surface area contributed by atoms with E-state index >= 15 is 0 Å². The molecule has 0 spiro atoms. The quantitative estimate of drug-likeness (QED) is 0.312. The van der Waals surface area contributed by atoms with Crippen molar-refractivity contribution in [2.24, 2.45) is 10.2 Å². The second-order valence-electron chi connectivity index (χ2n) is 6.31. The summed E-state index contributed by atoms with van der Waals surface area (Å²) in [6, 6.07) is 13.8. The molecule has 2 aromatic rings. The maximum Gasteiger partial charge on any atom is 0.269 e. The molecular weight excluding hydrogens is 336 g/mol. The van der Waals surface area contributed by atoms with E-state index in [0.717, 1.165) is 37.7 Å². The molecule has 0 radical (unpaired) electrons. The number of nitro groups is 1. The van der Waals surface area contributed by atoms with Crippen molar-refractivity contribution in [2.75, 3.05) is 31.2 Å². The van der Waals surface area contributed by atoms with Gasteiger partial charge in [-0.2, -0.15) is 10.2 Å². The van der Waals surface area contributed by atoms with Crippen LogP contribution in [0.25, 0.3) is 0 Å². The molecule has 0 N–H and O–H groups in total. The summed E-state index contributed by atoms with van der Waals surface area (Å²) in [5.74, 6) is 0. The molecule has 2 unspecified atom stereocenters. The highest BCUT2D eigenvalue weighted by atomic mass is 16.6. The number of ether oxygens (including phenoxy) is 2. The number of nitrogens with zero attached hydrogens (tertiary/aromatic N) is 4. The Hall–Kier alpha value is -2.84. The summed E-state index contributed by atoms with van der Waals surface area (Å²) in [5, 5.41) is 19.0. The zero-order valence-corrected chi connectivity index (χ0v) is 14.0. The van der Waals surface area contributed by atoms with Gasteiger partial charge in [0.1, 0.15) is 0 Å². The summed E-state index contributed by atoms with van der Waals surface area (Å²) in [4.78, 5) is 12.5. The van der Waals surface area contributed by atoms with Gasteiger partial charge in [0, 0.05) is 30.9 Å². The first kappa shape index (κ1) is 16.6. The van der Waals surface area contributed by atoms with Crippen molar-refractivity contribution in [2.45, 2.75) is 12.2 Å². The van der Waals surface area contributed by atoms with Gasteiger partial charge in [0.25, 0.3) is 5.69 Å². The molecule has 4 rings (SSSR count). The van der Waals surface area contributed by atoms with E-state index in [1.165, 1.54) is 12.1 Å². The van der Waals surface area contributed by atoms with E-state index in [1.807, 2.05) is 24.3 Å². The fourth-order valence-corrected chi connectivity index (χ4v) is 2.61. The van der Waals surface area contributed by atoms with Crippen LogP contribution >= 0.6 is 0 Å². The molecule has 0 bridgehead atoms. The van der Waals surface area contributed by atoms with E-state index in [1.54, 1.807) is 12.1 Å². The average Bonchev–Trinajstić information content (AvgIpc) is 3.57. The van der Waals surface area contributed by atoms with E-state index in [2.05, 4.69) is 15.1 Å². The Balaban J connectivity index is 1.41. The minimum atomic E-state index is -0.440. The third-order valence-electron chi connectivity index (χ3n) is 4.21. The Bertz CT molecular complexity index is 785. The molecule has 8 nitrogen and oxygen atoms in total. The van der Waals surface area contributed by atoms with Gasteiger partial charge < -0.3 is 14.4 Å². The van der Waals surface area contributed by atoms with Crippen molar-refractivity contribution in [3.05, 3.63) is 58.6 Å². The van der Waals surface area contributed by atoms with Crippen molar-refractivity contribution in [1.82, 2.24) is 0 Å². The fraction of sp³-hybridized carbons (Fsp3) is 0.333. The molecule has 2 heterocycles. The monoisotopic (exact) mass is 354 g/mol. The van der Waals surface area contributed by atoms with Gasteiger partial charge in [-0.25, -0.2) is 0 Å². The van der Waals surface area contributed by atoms with E-state index in [0.29, 0.717) is 17.9 Å². The lowest BCUT2D eigenvalue weighted by Crippen LogP contribution is -2.31. The predicted octanol–water partition coefficient (Wildman–Crippen LogP) is 3.61. The lowest BCUT2D eigenvalue weighted by atomic mass is 10.2. The standard InChI is InChI=1S/C18H18N4O4/c23-22(24)16-7-3-14(4-8-16)20-19-13-1-5-15(6-2-13)21(9-17-11-25-17)10-18-12-26-18/h1-8,17-18H,9-12H2/b20-19+. The van der Waals surface area contributed by atoms with Crippen molar-refractivity contribution in [3.63, 3.8) is 0 Å². The van der Waals surface area contributed by atoms with Gasteiger partial charge in [0.05, 0.1) is 41.7 Å². The highest BCUT2D eigenvalue weighted by Gasteiger charge is 2.30. The Morgan fingerprint density at radius 3 is 1.81 bits per heavy atom. The molecule has 0 saturated carbocycles. The van der Waals surface area contributed by atoms with Crippen LogP contribution in [0.3, 0.4) is 0 Å². The topological polar surface area (TPSA) is 96.2 Å². The molecule has 0 amide bonds. The minimum Gasteiger partial charge on any atom is -0.371 e. The Labute approximate surface area is 150 Å². The van der Waals surface area contributed by atoms with E-state index in [9.17, 15) is 10.1 Å². The van der Waals surface area contributed by atoms with Gasteiger partial charge in [0.15, 0.2) is 0 Å². The van der Waals surface area contributed by atoms with Crippen LogP contribution in [-0.2, 0) is 9.47 Å². The molecule has 0 aliphatic carbocycles. The van der Waals surface area contributed by atoms with Crippen LogP contribution < -0.4 is 4.90 Å². The fourth-order valence-electron chi connectivity index (χ4n) is 2.61. The lowest BCUT2D eigenvalue weighted by molar-refractivity contribution is -0.384. The maximum absolute atomic E-state index is 10.7. The summed E-state index contributed by atoms with van der Waals surface area (Å²) >= 11 is 0. The first-order chi connectivity index (χ1) is 12.7. The van der Waals surface area contributed by atoms with Gasteiger partial charge >= 0.3 is 0 Å². The zero-order chi connectivity index (χ0) is 17.9. The number of epoxide rings is 2. The summed E-state index contributed by atoms with van der Waals surface area (Å²) in [5.41, 5.74) is 2.42. The first-order valence-electron chi connectivity index (χ1n) is 8.42. The van der Waals surface area contributed by atoms with Gasteiger partial charge in [-0.3, -0.25) is 10.1 Å². The summed E-state index contributed by atoms with van der Waals surface area (Å²) in [6.07, 6.45) is 0.630. The highest BCUT2D eigenvalue weighted by molar-refractivity contribution is 5.53. The van der Waals surface area contributed by atoms with Crippen LogP contribution in [0.1, 0.15) is 0 Å². The van der Waals surface area contributed by atoms with Gasteiger partial charge in [-0.15, -0.1) is 0 Å². The van der Waals surface area contributed by atoms with Crippen LogP contribution in [0.2, 0.25) is 0 Å². The van der Waals surface area contributed by atoms with Crippen molar-refractivity contribution < 1.29 is 14.4 Å². The SMILES string of the molecule is O=[N+]([O-])c1ccc(/N=N/c2ccc(N(CC3CO3)CC3CO3)cc2)cc1. The van der Waals surface area contributed by atoms with E-state index < -0.39 is 4.92 Å². The number of hydrogen-bond acceptors (Lipinski definition) is 7. The van der Waals surface area contributed by atoms with Gasteiger partial charge in [-0.05, 0) is 36.4 Å². The molecule has 134 valence electrons. The van der Waals surface area contributed by atoms with Crippen LogP contribution in [0.15, 0.2) is 58.8 Å². The Morgan fingerprint density at radius 1 is 0.923 bits per heavy atom. The highest BCUT2D eigenvalue weighted by Crippen LogP contribution is 2.26. The molecule has 2 fully saturated rings. The van der Waals surface area contributed by atoms with Crippen molar-refractivity contribution in [3.8, 4) is 0 Å². The van der Waals surface area contributed by atoms with Gasteiger partial charge in [0.2, 0.25) is 0 Å². The number of anilines is 1. The summed E-state index contributed by atoms with van der Waals surface area (Å²) in [7, 11) is 0. The number of hydrogen-bond donors (Lipinski definition) is 0. The molecule has 2 aliphatic heterocycles. The number of azo groups is 1. The normalized spacial score (nSPS) is 20.9. The molecule has 2 aliphatic rings. The van der Waals surface area contributed by atoms with Gasteiger partial charge in [-0.1, -0.05) is 0 Å². The first-order valence-corrected chi connectivity index (χ1v) is 8.42. The van der Waals surface area contributed by atoms with E-state index in [4.69, 9.17) is 9.47 Å². The molecule has 26 heavy (non-hydrogen) atoms. The predicted molar refractivity (Wildman–Crippen MR) is 95.4 cm³/mol. The third kappa shape index (κ3) is 4.41. The van der Waals surface area contributed by atoms with Crippen LogP contribution in [-0.4, -0.2) is 43.4 Å². The number of rotatable bonds is 8. The minimum absolute atomic E-state index is 0.0349. The number of nitro benzene ring substituents is 1. The number of benzene rings is 2. The molecule has 0 aromatic heterocycles. The lowest BCUT2D eigenvalue weighted by Gasteiger charge is -2.23. The Morgan fingerprint density at radius 2 is 1.38 bits per heavy atom. The maximum atomic E-state index is 10.7. The second kappa shape index (κ2) is 7.19. The van der Waals surface area contributed by atoms with Crippen molar-refractivity contribution >= 4 is 22.7 Å². The average molecular weight is 354 g/mol. The summed E-state index contributed by atoms with van der Waals surface area (Å²) in [6.45, 7) is 3.38. The van der Waals surface area contributed by atoms with Crippen LogP contribution in [0.4, 0.5) is 22.7 Å². The second-order valence-corrected chi connectivity index (χ2v) is 6.31. The third-order valence-corrected chi connectivity index (χ3v) is 4.21. The smallest absolute Gasteiger partial charge is 0.269 e. The molecule has 2 aromatic carbocycles. The number of non-ortho nitro benzene ring substituents is 1. The zero-order valence-electron chi connectivity index (χ0n) is 14.0. The molecule has 8 heteroatoms. The van der Waals surface area contributed by atoms with Crippen LogP contribution in [0.5, 0.6) is 0 Å². The summed E-state index contributed by atoms with van der Waals surface area (Å²) < 4.78 is 10.7. The molecular formula is C18H18N4O4. The molecule has 2 atom stereocenters.